The Morgan fingerprint density at radius 3 is 2.37 bits per heavy atom. The molecule has 0 atom stereocenters. The zero-order valence-electron chi connectivity index (χ0n) is 9.58. The Morgan fingerprint density at radius 1 is 1.11 bits per heavy atom. The number of halogens is 2. The molecule has 0 aromatic heterocycles. The second kappa shape index (κ2) is 4.84. The molecule has 0 aliphatic carbocycles. The van der Waals surface area contributed by atoms with Crippen molar-refractivity contribution in [3.8, 4) is 0 Å². The van der Waals surface area contributed by atoms with Crippen LogP contribution in [0.5, 0.6) is 0 Å². The van der Waals surface area contributed by atoms with Crippen molar-refractivity contribution >= 4 is 20.9 Å². The van der Waals surface area contributed by atoms with Crippen LogP contribution >= 0.6 is 0 Å². The summed E-state index contributed by atoms with van der Waals surface area (Å²) in [7, 11) is -5.57. The van der Waals surface area contributed by atoms with Gasteiger partial charge in [-0.15, -0.1) is 0 Å². The molecule has 0 bridgehead atoms. The fraction of sp³-hybridized carbons (Fsp3) is 0.167. The van der Waals surface area contributed by atoms with Crippen molar-refractivity contribution in [2.24, 2.45) is 0 Å². The van der Waals surface area contributed by atoms with Gasteiger partial charge in [0.15, 0.2) is 0 Å². The highest BCUT2D eigenvalue weighted by atomic mass is 32.2. The fourth-order valence-electron chi connectivity index (χ4n) is 1.57. The largest absolute Gasteiger partial charge is 0.488 e. The second-order valence-corrected chi connectivity index (χ2v) is 5.33. The molecule has 2 rings (SSSR count). The Kier molecular flexibility index (Phi) is 3.53. The lowest BCUT2D eigenvalue weighted by molar-refractivity contribution is -0.182. The van der Waals surface area contributed by atoms with Gasteiger partial charge < -0.3 is 4.74 Å². The lowest BCUT2D eigenvalue weighted by Gasteiger charge is -2.13. The molecule has 2 aromatic carbocycles. The van der Waals surface area contributed by atoms with E-state index in [1.54, 1.807) is 30.3 Å². The van der Waals surface area contributed by atoms with E-state index in [9.17, 15) is 17.2 Å². The van der Waals surface area contributed by atoms with Crippen molar-refractivity contribution in [1.82, 2.24) is 0 Å². The van der Waals surface area contributed by atoms with Crippen LogP contribution in [0.1, 0.15) is 5.56 Å². The van der Waals surface area contributed by atoms with E-state index in [-0.39, 0.29) is 0 Å². The molecular weight excluding hydrogens is 278 g/mol. The van der Waals surface area contributed by atoms with Crippen LogP contribution in [0.4, 0.5) is 8.78 Å². The summed E-state index contributed by atoms with van der Waals surface area (Å²) < 4.78 is 58.7. The lowest BCUT2D eigenvalue weighted by atomic mass is 10.1. The Hall–Kier alpha value is -1.57. The first-order chi connectivity index (χ1) is 8.79. The minimum Gasteiger partial charge on any atom is -0.301 e. The van der Waals surface area contributed by atoms with Gasteiger partial charge in [0.25, 0.3) is 0 Å². The predicted octanol–water partition coefficient (Wildman–Crippen LogP) is 2.79. The van der Waals surface area contributed by atoms with Crippen molar-refractivity contribution < 1.29 is 26.5 Å². The van der Waals surface area contributed by atoms with E-state index in [4.69, 9.17) is 4.55 Å². The van der Waals surface area contributed by atoms with Crippen LogP contribution in [-0.4, -0.2) is 18.4 Å². The van der Waals surface area contributed by atoms with Crippen LogP contribution in [0.15, 0.2) is 42.5 Å². The van der Waals surface area contributed by atoms with Gasteiger partial charge in [0.1, 0.15) is 0 Å². The minimum atomic E-state index is -5.57. The Labute approximate surface area is 108 Å². The van der Waals surface area contributed by atoms with Crippen LogP contribution in [0, 0.1) is 0 Å². The van der Waals surface area contributed by atoms with Crippen molar-refractivity contribution in [2.75, 3.05) is 0 Å². The summed E-state index contributed by atoms with van der Waals surface area (Å²) in [5.41, 5.74) is -4.24. The van der Waals surface area contributed by atoms with Crippen LogP contribution in [-0.2, 0) is 21.5 Å². The Morgan fingerprint density at radius 2 is 1.74 bits per heavy atom. The summed E-state index contributed by atoms with van der Waals surface area (Å²) in [4.78, 5) is 0. The summed E-state index contributed by atoms with van der Waals surface area (Å²) >= 11 is 0. The van der Waals surface area contributed by atoms with Gasteiger partial charge >= 0.3 is 15.6 Å². The first kappa shape index (κ1) is 13.9. The van der Waals surface area contributed by atoms with Crippen molar-refractivity contribution in [1.29, 1.82) is 0 Å². The molecule has 0 amide bonds. The van der Waals surface area contributed by atoms with E-state index in [0.29, 0.717) is 5.56 Å². The average Bonchev–Trinajstić information content (AvgIpc) is 2.35. The lowest BCUT2D eigenvalue weighted by Crippen LogP contribution is -2.31. The predicted molar refractivity (Wildman–Crippen MR) is 65.2 cm³/mol. The number of hydrogen-bond donors (Lipinski definition) is 1. The molecule has 0 unspecified atom stereocenters. The third-order valence-corrected chi connectivity index (χ3v) is 3.24. The topological polar surface area (TPSA) is 63.6 Å². The summed E-state index contributed by atoms with van der Waals surface area (Å²) in [6.07, 6.45) is 0. The SMILES string of the molecule is O=S(=O)(O)C(F)(F)OCc1ccc2ccccc2c1. The van der Waals surface area contributed by atoms with Crippen LogP contribution in [0.25, 0.3) is 10.8 Å². The van der Waals surface area contributed by atoms with E-state index >= 15 is 0 Å². The average molecular weight is 288 g/mol. The van der Waals surface area contributed by atoms with Gasteiger partial charge in [0.05, 0.1) is 6.61 Å². The van der Waals surface area contributed by atoms with Gasteiger partial charge in [-0.2, -0.15) is 17.2 Å². The summed E-state index contributed by atoms with van der Waals surface area (Å²) in [5, 5.41) is 1.74. The van der Waals surface area contributed by atoms with E-state index < -0.39 is 22.2 Å². The minimum absolute atomic E-state index is 0.377. The van der Waals surface area contributed by atoms with E-state index in [2.05, 4.69) is 4.74 Å². The van der Waals surface area contributed by atoms with Gasteiger partial charge in [0, 0.05) is 0 Å². The number of hydrogen-bond acceptors (Lipinski definition) is 3. The molecule has 0 saturated carbocycles. The highest BCUT2D eigenvalue weighted by Gasteiger charge is 2.46. The van der Waals surface area contributed by atoms with Gasteiger partial charge in [-0.05, 0) is 22.4 Å². The van der Waals surface area contributed by atoms with Crippen LogP contribution in [0.3, 0.4) is 0 Å². The smallest absolute Gasteiger partial charge is 0.301 e. The molecule has 0 saturated heterocycles. The van der Waals surface area contributed by atoms with Crippen molar-refractivity contribution in [3.63, 3.8) is 0 Å². The quantitative estimate of drug-likeness (QED) is 0.879. The number of fused-ring (bicyclic) bond motifs is 1. The molecule has 4 nitrogen and oxygen atoms in total. The molecule has 19 heavy (non-hydrogen) atoms. The van der Waals surface area contributed by atoms with E-state index in [1.165, 1.54) is 0 Å². The highest BCUT2D eigenvalue weighted by molar-refractivity contribution is 7.86. The molecule has 0 aliphatic rings. The fourth-order valence-corrected chi connectivity index (χ4v) is 1.78. The third kappa shape index (κ3) is 3.06. The molecule has 1 N–H and O–H groups in total. The zero-order valence-corrected chi connectivity index (χ0v) is 10.4. The molecule has 0 fully saturated rings. The van der Waals surface area contributed by atoms with Gasteiger partial charge in [0.2, 0.25) is 0 Å². The van der Waals surface area contributed by atoms with Crippen LogP contribution < -0.4 is 0 Å². The van der Waals surface area contributed by atoms with E-state index in [0.717, 1.165) is 10.8 Å². The molecule has 102 valence electrons. The Balaban J connectivity index is 2.19. The maximum atomic E-state index is 12.9. The number of ether oxygens (including phenoxy) is 1. The molecular formula is C12H10F2O4S. The molecule has 0 heterocycles. The molecule has 0 aliphatic heterocycles. The number of benzene rings is 2. The van der Waals surface area contributed by atoms with E-state index in [1.807, 2.05) is 12.1 Å². The number of alkyl halides is 2. The number of rotatable bonds is 4. The maximum Gasteiger partial charge on any atom is 0.488 e. The Bertz CT molecular complexity index is 698. The molecule has 0 spiro atoms. The van der Waals surface area contributed by atoms with Crippen molar-refractivity contribution in [2.45, 2.75) is 12.0 Å². The van der Waals surface area contributed by atoms with Crippen molar-refractivity contribution in [3.05, 3.63) is 48.0 Å². The van der Waals surface area contributed by atoms with Gasteiger partial charge in [-0.3, -0.25) is 4.55 Å². The standard InChI is InChI=1S/C12H10F2O4S/c13-12(14,19(15,16)17)18-8-9-5-6-10-3-1-2-4-11(10)7-9/h1-7H,8H2,(H,15,16,17). The van der Waals surface area contributed by atoms with Gasteiger partial charge in [-0.1, -0.05) is 36.4 Å². The zero-order chi connectivity index (χ0) is 14.1. The van der Waals surface area contributed by atoms with Crippen LogP contribution in [0.2, 0.25) is 0 Å². The third-order valence-electron chi connectivity index (χ3n) is 2.52. The highest BCUT2D eigenvalue weighted by Crippen LogP contribution is 2.24. The first-order valence-electron chi connectivity index (χ1n) is 5.26. The molecule has 0 radical (unpaired) electrons. The molecule has 7 heteroatoms. The monoisotopic (exact) mass is 288 g/mol. The molecule has 2 aromatic rings. The summed E-state index contributed by atoms with van der Waals surface area (Å²) in [6.45, 7) is -0.627. The first-order valence-corrected chi connectivity index (χ1v) is 6.70. The van der Waals surface area contributed by atoms with Gasteiger partial charge in [-0.25, -0.2) is 0 Å². The maximum absolute atomic E-state index is 12.9. The summed E-state index contributed by atoms with van der Waals surface area (Å²) in [5.74, 6) is 0. The summed E-state index contributed by atoms with van der Waals surface area (Å²) in [6, 6.07) is 12.1. The second-order valence-electron chi connectivity index (χ2n) is 3.91. The normalized spacial score (nSPS) is 12.8.